The highest BCUT2D eigenvalue weighted by atomic mass is 79.9. The van der Waals surface area contributed by atoms with Crippen molar-refractivity contribution >= 4 is 33.8 Å². The number of benzene rings is 1. The van der Waals surface area contributed by atoms with Crippen molar-refractivity contribution in [3.05, 3.63) is 34.9 Å². The Morgan fingerprint density at radius 3 is 2.82 bits per heavy atom. The van der Waals surface area contributed by atoms with Gasteiger partial charge in [0.15, 0.2) is 0 Å². The van der Waals surface area contributed by atoms with Crippen molar-refractivity contribution < 1.29 is 14.3 Å². The molecule has 1 aliphatic heterocycles. The van der Waals surface area contributed by atoms with E-state index in [0.717, 1.165) is 15.7 Å². The smallest absolute Gasteiger partial charge is 0.311 e. The lowest BCUT2D eigenvalue weighted by molar-refractivity contribution is -0.145. The van der Waals surface area contributed by atoms with Gasteiger partial charge in [-0.2, -0.15) is 0 Å². The lowest BCUT2D eigenvalue weighted by Gasteiger charge is -2.12. The number of esters is 1. The SMILES string of the molecule is COC(=O)C1CC(=O)N(c2ncc(-c3ccc(Br)cc3)[nH]2)C1. The molecule has 1 unspecified atom stereocenters. The normalized spacial score (nSPS) is 17.8. The summed E-state index contributed by atoms with van der Waals surface area (Å²) in [6.45, 7) is 0.290. The number of anilines is 1. The first-order valence-electron chi connectivity index (χ1n) is 6.77. The van der Waals surface area contributed by atoms with E-state index >= 15 is 0 Å². The Hall–Kier alpha value is -2.15. The highest BCUT2D eigenvalue weighted by Crippen LogP contribution is 2.26. The number of carbonyl (C=O) groups is 2. The summed E-state index contributed by atoms with van der Waals surface area (Å²) < 4.78 is 5.69. The van der Waals surface area contributed by atoms with Crippen molar-refractivity contribution in [3.63, 3.8) is 0 Å². The van der Waals surface area contributed by atoms with Crippen molar-refractivity contribution in [1.29, 1.82) is 0 Å². The molecule has 7 heteroatoms. The third-order valence-corrected chi connectivity index (χ3v) is 4.16. The molecule has 114 valence electrons. The van der Waals surface area contributed by atoms with Gasteiger partial charge in [-0.1, -0.05) is 28.1 Å². The molecule has 0 saturated carbocycles. The average Bonchev–Trinajstić information content (AvgIpc) is 3.14. The van der Waals surface area contributed by atoms with E-state index in [2.05, 4.69) is 25.9 Å². The van der Waals surface area contributed by atoms with E-state index in [1.165, 1.54) is 12.0 Å². The number of aromatic nitrogens is 2. The van der Waals surface area contributed by atoms with Gasteiger partial charge in [-0.15, -0.1) is 0 Å². The first-order chi connectivity index (χ1) is 10.6. The van der Waals surface area contributed by atoms with Crippen LogP contribution in [0.3, 0.4) is 0 Å². The quantitative estimate of drug-likeness (QED) is 0.849. The van der Waals surface area contributed by atoms with Crippen molar-refractivity contribution in [2.75, 3.05) is 18.6 Å². The Balaban J connectivity index is 1.80. The molecular weight excluding hydrogens is 350 g/mol. The third-order valence-electron chi connectivity index (χ3n) is 3.63. The summed E-state index contributed by atoms with van der Waals surface area (Å²) in [7, 11) is 1.33. The molecule has 1 N–H and O–H groups in total. The zero-order valence-corrected chi connectivity index (χ0v) is 13.5. The van der Waals surface area contributed by atoms with Crippen LogP contribution in [0.1, 0.15) is 6.42 Å². The fourth-order valence-electron chi connectivity index (χ4n) is 2.46. The third kappa shape index (κ3) is 2.76. The molecule has 3 rings (SSSR count). The van der Waals surface area contributed by atoms with Gasteiger partial charge in [-0.05, 0) is 17.7 Å². The van der Waals surface area contributed by atoms with Gasteiger partial charge < -0.3 is 9.72 Å². The van der Waals surface area contributed by atoms with Crippen LogP contribution >= 0.6 is 15.9 Å². The van der Waals surface area contributed by atoms with Crippen LogP contribution in [0.2, 0.25) is 0 Å². The zero-order valence-electron chi connectivity index (χ0n) is 11.9. The van der Waals surface area contributed by atoms with Crippen molar-refractivity contribution in [2.45, 2.75) is 6.42 Å². The molecule has 0 spiro atoms. The number of methoxy groups -OCH3 is 1. The minimum Gasteiger partial charge on any atom is -0.469 e. The van der Waals surface area contributed by atoms with Crippen molar-refractivity contribution in [2.24, 2.45) is 5.92 Å². The lowest BCUT2D eigenvalue weighted by Crippen LogP contribution is -2.27. The summed E-state index contributed by atoms with van der Waals surface area (Å²) in [5.74, 6) is -0.476. The second kappa shape index (κ2) is 5.92. The molecule has 1 fully saturated rings. The first-order valence-corrected chi connectivity index (χ1v) is 7.57. The standard InChI is InChI=1S/C15H14BrN3O3/c1-22-14(21)10-6-13(20)19(8-10)15-17-7-12(18-15)9-2-4-11(16)5-3-9/h2-5,7,10H,6,8H2,1H3,(H,17,18). The summed E-state index contributed by atoms with van der Waals surface area (Å²) in [5, 5.41) is 0. The van der Waals surface area contributed by atoms with Crippen LogP contribution in [0.5, 0.6) is 0 Å². The predicted molar refractivity (Wildman–Crippen MR) is 84.2 cm³/mol. The van der Waals surface area contributed by atoms with E-state index < -0.39 is 5.92 Å². The van der Waals surface area contributed by atoms with E-state index in [1.807, 2.05) is 24.3 Å². The Labute approximate surface area is 135 Å². The van der Waals surface area contributed by atoms with Crippen molar-refractivity contribution in [3.8, 4) is 11.3 Å². The molecule has 6 nitrogen and oxygen atoms in total. The van der Waals surface area contributed by atoms with Gasteiger partial charge >= 0.3 is 5.97 Å². The molecule has 1 saturated heterocycles. The van der Waals surface area contributed by atoms with Gasteiger partial charge in [0.2, 0.25) is 11.9 Å². The Bertz CT molecular complexity index is 711. The van der Waals surface area contributed by atoms with Crippen molar-refractivity contribution in [1.82, 2.24) is 9.97 Å². The molecule has 2 heterocycles. The van der Waals surface area contributed by atoms with E-state index in [4.69, 9.17) is 4.74 Å². The molecular formula is C15H14BrN3O3. The lowest BCUT2D eigenvalue weighted by atomic mass is 10.1. The number of aromatic amines is 1. The molecule has 1 aromatic carbocycles. The Morgan fingerprint density at radius 2 is 2.14 bits per heavy atom. The fourth-order valence-corrected chi connectivity index (χ4v) is 2.73. The minimum absolute atomic E-state index is 0.132. The highest BCUT2D eigenvalue weighted by Gasteiger charge is 2.37. The van der Waals surface area contributed by atoms with Crippen LogP contribution in [0.4, 0.5) is 5.95 Å². The molecule has 1 aliphatic rings. The maximum absolute atomic E-state index is 12.0. The zero-order chi connectivity index (χ0) is 15.7. The van der Waals surface area contributed by atoms with Gasteiger partial charge in [0.25, 0.3) is 0 Å². The number of H-pyrrole nitrogens is 1. The van der Waals surface area contributed by atoms with Gasteiger partial charge in [0.05, 0.1) is 24.9 Å². The molecule has 0 bridgehead atoms. The Morgan fingerprint density at radius 1 is 1.41 bits per heavy atom. The fraction of sp³-hybridized carbons (Fsp3) is 0.267. The van der Waals surface area contributed by atoms with E-state index in [0.29, 0.717) is 12.5 Å². The number of amides is 1. The average molecular weight is 364 g/mol. The summed E-state index contributed by atoms with van der Waals surface area (Å²) in [5.41, 5.74) is 1.79. The number of nitrogens with one attached hydrogen (secondary N) is 1. The molecule has 2 aromatic rings. The van der Waals surface area contributed by atoms with E-state index in [1.54, 1.807) is 6.20 Å². The van der Waals surface area contributed by atoms with Crippen LogP contribution in [0.15, 0.2) is 34.9 Å². The van der Waals surface area contributed by atoms with Crippen LogP contribution < -0.4 is 4.90 Å². The Kier molecular flexibility index (Phi) is 3.98. The number of ether oxygens (including phenoxy) is 1. The van der Waals surface area contributed by atoms with Crippen LogP contribution in [-0.4, -0.2) is 35.5 Å². The van der Waals surface area contributed by atoms with Crippen LogP contribution in [0.25, 0.3) is 11.3 Å². The minimum atomic E-state index is -0.432. The summed E-state index contributed by atoms with van der Waals surface area (Å²) in [6, 6.07) is 7.77. The number of nitrogens with zero attached hydrogens (tertiary/aromatic N) is 2. The number of rotatable bonds is 3. The number of imidazole rings is 1. The summed E-state index contributed by atoms with van der Waals surface area (Å²) in [6.07, 6.45) is 1.83. The van der Waals surface area contributed by atoms with Gasteiger partial charge in [-0.3, -0.25) is 14.5 Å². The van der Waals surface area contributed by atoms with Crippen LogP contribution in [0, 0.1) is 5.92 Å². The number of carbonyl (C=O) groups excluding carboxylic acids is 2. The monoisotopic (exact) mass is 363 g/mol. The van der Waals surface area contributed by atoms with Gasteiger partial charge in [0.1, 0.15) is 0 Å². The topological polar surface area (TPSA) is 75.3 Å². The summed E-state index contributed by atoms with van der Waals surface area (Å²) >= 11 is 3.39. The molecule has 1 aromatic heterocycles. The summed E-state index contributed by atoms with van der Waals surface area (Å²) in [4.78, 5) is 32.5. The molecule has 22 heavy (non-hydrogen) atoms. The number of hydrogen-bond acceptors (Lipinski definition) is 4. The molecule has 1 amide bonds. The number of hydrogen-bond donors (Lipinski definition) is 1. The maximum Gasteiger partial charge on any atom is 0.311 e. The predicted octanol–water partition coefficient (Wildman–Crippen LogP) is 2.37. The highest BCUT2D eigenvalue weighted by molar-refractivity contribution is 9.10. The molecule has 0 aliphatic carbocycles. The van der Waals surface area contributed by atoms with Gasteiger partial charge in [0, 0.05) is 17.4 Å². The largest absolute Gasteiger partial charge is 0.469 e. The second-order valence-corrected chi connectivity index (χ2v) is 5.97. The van der Waals surface area contributed by atoms with Gasteiger partial charge in [-0.25, -0.2) is 4.98 Å². The molecule has 0 radical (unpaired) electrons. The van der Waals surface area contributed by atoms with Crippen LogP contribution in [-0.2, 0) is 14.3 Å². The second-order valence-electron chi connectivity index (χ2n) is 5.06. The maximum atomic E-state index is 12.0. The van der Waals surface area contributed by atoms with E-state index in [9.17, 15) is 9.59 Å². The van der Waals surface area contributed by atoms with E-state index in [-0.39, 0.29) is 18.3 Å². The molecule has 1 atom stereocenters. The first kappa shape index (κ1) is 14.8. The number of halogens is 1.